The van der Waals surface area contributed by atoms with E-state index in [1.54, 1.807) is 0 Å². The Morgan fingerprint density at radius 1 is 1.17 bits per heavy atom. The van der Waals surface area contributed by atoms with Crippen LogP contribution in [-0.2, 0) is 22.8 Å². The molecule has 1 aromatic carbocycles. The molecule has 0 radical (unpaired) electrons. The quantitative estimate of drug-likeness (QED) is 0.188. The van der Waals surface area contributed by atoms with Gasteiger partial charge in [0.05, 0.1) is 0 Å². The SMILES string of the molecule is Nc1ccc(C(=O)NCC(=O)OP(=O)(O)OP(=O)(O)O)cc1.[H-].[K+]. The van der Waals surface area contributed by atoms with Crippen LogP contribution in [0.5, 0.6) is 0 Å². The number of carbonyl (C=O) groups excluding carboxylic acids is 2. The van der Waals surface area contributed by atoms with E-state index in [0.717, 1.165) is 0 Å². The molecule has 23 heavy (non-hydrogen) atoms. The minimum Gasteiger partial charge on any atom is -1.00 e. The average Bonchev–Trinajstić information content (AvgIpc) is 2.33. The fourth-order valence-corrected chi connectivity index (χ4v) is 2.73. The Labute approximate surface area is 174 Å². The van der Waals surface area contributed by atoms with Crippen LogP contribution in [0.15, 0.2) is 24.3 Å². The zero-order valence-corrected chi connectivity index (χ0v) is 16.7. The summed E-state index contributed by atoms with van der Waals surface area (Å²) in [5.41, 5.74) is 6.02. The van der Waals surface area contributed by atoms with Gasteiger partial charge in [0.1, 0.15) is 6.54 Å². The second-order valence-electron chi connectivity index (χ2n) is 3.81. The zero-order valence-electron chi connectivity index (χ0n) is 12.8. The Bertz CT molecular complexity index is 665. The summed E-state index contributed by atoms with van der Waals surface area (Å²) in [4.78, 5) is 48.4. The molecule has 0 bridgehead atoms. The summed E-state index contributed by atoms with van der Waals surface area (Å²) in [5.74, 6) is -2.12. The monoisotopic (exact) mass is 394 g/mol. The van der Waals surface area contributed by atoms with Gasteiger partial charge in [-0.3, -0.25) is 9.69 Å². The number of nitrogen functional groups attached to an aromatic ring is 1. The molecule has 0 aliphatic carbocycles. The summed E-state index contributed by atoms with van der Waals surface area (Å²) in [7, 11) is -10.6. The maximum Gasteiger partial charge on any atom is 1.00 e. The van der Waals surface area contributed by atoms with Crippen molar-refractivity contribution in [1.82, 2.24) is 5.32 Å². The predicted octanol–water partition coefficient (Wildman–Crippen LogP) is -3.13. The van der Waals surface area contributed by atoms with Gasteiger partial charge in [-0.1, -0.05) is 0 Å². The average molecular weight is 394 g/mol. The number of hydrogen-bond acceptors (Lipinski definition) is 7. The van der Waals surface area contributed by atoms with E-state index in [1.807, 2.05) is 0 Å². The van der Waals surface area contributed by atoms with Gasteiger partial charge in [0.2, 0.25) is 0 Å². The zero-order chi connectivity index (χ0) is 17.0. The van der Waals surface area contributed by atoms with Crippen LogP contribution in [0.2, 0.25) is 0 Å². The van der Waals surface area contributed by atoms with Crippen molar-refractivity contribution in [2.75, 3.05) is 12.3 Å². The van der Waals surface area contributed by atoms with Crippen LogP contribution in [0.1, 0.15) is 11.8 Å². The van der Waals surface area contributed by atoms with Crippen LogP contribution < -0.4 is 62.4 Å². The van der Waals surface area contributed by atoms with E-state index in [2.05, 4.69) is 14.2 Å². The van der Waals surface area contributed by atoms with Crippen molar-refractivity contribution >= 4 is 33.2 Å². The first-order valence-electron chi connectivity index (χ1n) is 5.44. The van der Waals surface area contributed by atoms with E-state index in [1.165, 1.54) is 24.3 Å². The first kappa shape index (κ1) is 22.9. The van der Waals surface area contributed by atoms with Crippen molar-refractivity contribution in [3.8, 4) is 0 Å². The van der Waals surface area contributed by atoms with E-state index in [9.17, 15) is 18.7 Å². The van der Waals surface area contributed by atoms with Crippen LogP contribution in [-0.4, -0.2) is 33.1 Å². The number of nitrogens with two attached hydrogens (primary N) is 1. The van der Waals surface area contributed by atoms with Gasteiger partial charge in [-0.05, 0) is 24.3 Å². The fraction of sp³-hybridized carbons (Fsp3) is 0.111. The number of phosphoric ester groups is 1. The minimum absolute atomic E-state index is 0. The van der Waals surface area contributed by atoms with Crippen molar-refractivity contribution in [2.24, 2.45) is 0 Å². The molecular formula is C9H13KN2O9P2. The largest absolute Gasteiger partial charge is 1.00 e. The summed E-state index contributed by atoms with van der Waals surface area (Å²) < 4.78 is 28.7. The molecule has 0 aromatic heterocycles. The van der Waals surface area contributed by atoms with Gasteiger partial charge in [0.25, 0.3) is 5.91 Å². The van der Waals surface area contributed by atoms with Crippen molar-refractivity contribution in [2.45, 2.75) is 0 Å². The second kappa shape index (κ2) is 9.40. The van der Waals surface area contributed by atoms with Crippen LogP contribution in [0.4, 0.5) is 5.69 Å². The standard InChI is InChI=1S/C9H12N2O9P2.K.H/c10-7-3-1-6(2-4-7)9(13)11-5-8(12)19-22(17,18)20-21(14,15)16;;/h1-4H,5,10H2,(H,11,13)(H,17,18)(H2,14,15,16);;/q;+1;-1. The topological polar surface area (TPSA) is 185 Å². The number of amides is 1. The molecular weight excluding hydrogens is 381 g/mol. The molecule has 11 nitrogen and oxygen atoms in total. The molecule has 0 spiro atoms. The van der Waals surface area contributed by atoms with E-state index >= 15 is 0 Å². The summed E-state index contributed by atoms with van der Waals surface area (Å²) in [6.45, 7) is -0.821. The number of carbonyl (C=O) groups is 2. The number of rotatable bonds is 6. The molecule has 6 N–H and O–H groups in total. The first-order valence-corrected chi connectivity index (χ1v) is 8.47. The molecule has 0 fully saturated rings. The number of nitrogens with one attached hydrogen (secondary N) is 1. The van der Waals surface area contributed by atoms with Gasteiger partial charge < -0.3 is 26.8 Å². The molecule has 1 amide bonds. The third kappa shape index (κ3) is 9.70. The Morgan fingerprint density at radius 2 is 1.70 bits per heavy atom. The number of benzene rings is 1. The van der Waals surface area contributed by atoms with Gasteiger partial charge >= 0.3 is 73.0 Å². The second-order valence-corrected chi connectivity index (χ2v) is 6.56. The maximum atomic E-state index is 11.6. The molecule has 0 saturated carbocycles. The summed E-state index contributed by atoms with van der Waals surface area (Å²) in [6.07, 6.45) is 0. The van der Waals surface area contributed by atoms with E-state index in [0.29, 0.717) is 5.69 Å². The fourth-order valence-electron chi connectivity index (χ4n) is 1.20. The minimum atomic E-state index is -5.32. The molecule has 1 rings (SSSR count). The summed E-state index contributed by atoms with van der Waals surface area (Å²) >= 11 is 0. The van der Waals surface area contributed by atoms with E-state index < -0.39 is 34.1 Å². The Kier molecular flexibility index (Phi) is 9.36. The molecule has 0 saturated heterocycles. The van der Waals surface area contributed by atoms with E-state index in [4.69, 9.17) is 20.4 Å². The smallest absolute Gasteiger partial charge is 1.00 e. The van der Waals surface area contributed by atoms with Crippen molar-refractivity contribution < 1.29 is 95.0 Å². The summed E-state index contributed by atoms with van der Waals surface area (Å²) in [5, 5.41) is 2.07. The molecule has 124 valence electrons. The van der Waals surface area contributed by atoms with E-state index in [-0.39, 0.29) is 58.4 Å². The Hall–Kier alpha value is -0.104. The molecule has 0 aliphatic heterocycles. The summed E-state index contributed by atoms with van der Waals surface area (Å²) in [6, 6.07) is 5.65. The first-order chi connectivity index (χ1) is 9.98. The van der Waals surface area contributed by atoms with Gasteiger partial charge in [-0.2, -0.15) is 4.31 Å². The van der Waals surface area contributed by atoms with Crippen molar-refractivity contribution in [3.63, 3.8) is 0 Å². The predicted molar refractivity (Wildman–Crippen MR) is 73.3 cm³/mol. The van der Waals surface area contributed by atoms with Gasteiger partial charge in [0.15, 0.2) is 0 Å². The van der Waals surface area contributed by atoms with Crippen LogP contribution in [0.25, 0.3) is 0 Å². The maximum absolute atomic E-state index is 11.6. The number of hydrogen-bond donors (Lipinski definition) is 5. The number of anilines is 1. The van der Waals surface area contributed by atoms with Gasteiger partial charge in [-0.15, -0.1) is 0 Å². The molecule has 0 heterocycles. The molecule has 1 atom stereocenters. The van der Waals surface area contributed by atoms with Crippen LogP contribution >= 0.6 is 15.6 Å². The van der Waals surface area contributed by atoms with Gasteiger partial charge in [-0.25, -0.2) is 13.9 Å². The van der Waals surface area contributed by atoms with Crippen LogP contribution in [0.3, 0.4) is 0 Å². The normalized spacial score (nSPS) is 13.3. The van der Waals surface area contributed by atoms with Crippen molar-refractivity contribution in [1.29, 1.82) is 0 Å². The van der Waals surface area contributed by atoms with Gasteiger partial charge in [0, 0.05) is 11.3 Å². The van der Waals surface area contributed by atoms with Crippen LogP contribution in [0, 0.1) is 0 Å². The molecule has 14 heteroatoms. The third-order valence-electron chi connectivity index (χ3n) is 1.99. The molecule has 1 unspecified atom stereocenters. The Morgan fingerprint density at radius 3 is 2.17 bits per heavy atom. The third-order valence-corrected chi connectivity index (χ3v) is 4.10. The van der Waals surface area contributed by atoms with Crippen molar-refractivity contribution in [3.05, 3.63) is 29.8 Å². The number of phosphoric acid groups is 2. The molecule has 0 aliphatic rings. The Balaban J connectivity index is 0. The molecule has 1 aromatic rings.